The molecule has 0 fully saturated rings. The number of hydrogen-bond acceptors (Lipinski definition) is 4. The van der Waals surface area contributed by atoms with Crippen LogP contribution in [0.25, 0.3) is 0 Å². The Morgan fingerprint density at radius 3 is 2.32 bits per heavy atom. The van der Waals surface area contributed by atoms with Gasteiger partial charge in [-0.25, -0.2) is 0 Å². The minimum absolute atomic E-state index is 0.135. The summed E-state index contributed by atoms with van der Waals surface area (Å²) in [5, 5.41) is 15.9. The lowest BCUT2D eigenvalue weighted by atomic mass is 9.98. The Bertz CT molecular complexity index is 925. The predicted molar refractivity (Wildman–Crippen MR) is 98.2 cm³/mol. The van der Waals surface area contributed by atoms with Gasteiger partial charge in [0.15, 0.2) is 0 Å². The monoisotopic (exact) mass is 324 g/mol. The standard InChI is InChI=1S/C21H16N4/c22-15-16-6-8-17(9-7-16)20-14-21(18-10-12-23-13-11-18)25(24-20)19-4-2-1-3-5-19/h1-13,21H,14H2. The van der Waals surface area contributed by atoms with Crippen LogP contribution in [0.5, 0.6) is 0 Å². The lowest BCUT2D eigenvalue weighted by molar-refractivity contribution is 0.707. The maximum Gasteiger partial charge on any atom is 0.0991 e. The molecule has 1 atom stereocenters. The van der Waals surface area contributed by atoms with Gasteiger partial charge in [0.2, 0.25) is 0 Å². The molecule has 0 N–H and O–H groups in total. The van der Waals surface area contributed by atoms with Gasteiger partial charge in [0, 0.05) is 18.8 Å². The molecule has 0 radical (unpaired) electrons. The number of anilines is 1. The lowest BCUT2D eigenvalue weighted by Gasteiger charge is -2.23. The van der Waals surface area contributed by atoms with E-state index in [2.05, 4.69) is 28.2 Å². The molecular weight excluding hydrogens is 308 g/mol. The quantitative estimate of drug-likeness (QED) is 0.721. The van der Waals surface area contributed by atoms with Crippen LogP contribution in [0.15, 0.2) is 84.2 Å². The zero-order valence-electron chi connectivity index (χ0n) is 13.6. The second-order valence-corrected chi connectivity index (χ2v) is 5.92. The van der Waals surface area contributed by atoms with Crippen molar-refractivity contribution < 1.29 is 0 Å². The summed E-state index contributed by atoms with van der Waals surface area (Å²) < 4.78 is 0. The summed E-state index contributed by atoms with van der Waals surface area (Å²) in [6, 6.07) is 24.2. The molecule has 4 rings (SSSR count). The topological polar surface area (TPSA) is 52.3 Å². The van der Waals surface area contributed by atoms with E-state index in [4.69, 9.17) is 10.4 Å². The van der Waals surface area contributed by atoms with Gasteiger partial charge in [-0.1, -0.05) is 30.3 Å². The van der Waals surface area contributed by atoms with Gasteiger partial charge in [-0.2, -0.15) is 10.4 Å². The van der Waals surface area contributed by atoms with Crippen molar-refractivity contribution in [1.29, 1.82) is 5.26 Å². The highest BCUT2D eigenvalue weighted by atomic mass is 15.5. The van der Waals surface area contributed by atoms with Gasteiger partial charge in [-0.15, -0.1) is 0 Å². The Hall–Kier alpha value is -3.45. The van der Waals surface area contributed by atoms with Crippen LogP contribution in [0.3, 0.4) is 0 Å². The van der Waals surface area contributed by atoms with E-state index in [0.717, 1.165) is 23.4 Å². The molecule has 0 aliphatic carbocycles. The Morgan fingerprint density at radius 1 is 0.920 bits per heavy atom. The predicted octanol–water partition coefficient (Wildman–Crippen LogP) is 4.31. The van der Waals surface area contributed by atoms with E-state index in [0.29, 0.717) is 5.56 Å². The van der Waals surface area contributed by atoms with E-state index >= 15 is 0 Å². The molecule has 4 nitrogen and oxygen atoms in total. The number of hydrogen-bond donors (Lipinski definition) is 0. The summed E-state index contributed by atoms with van der Waals surface area (Å²) in [6.45, 7) is 0. The number of para-hydroxylation sites is 1. The number of aromatic nitrogens is 1. The summed E-state index contributed by atoms with van der Waals surface area (Å²) in [6.07, 6.45) is 4.45. The highest BCUT2D eigenvalue weighted by molar-refractivity contribution is 6.03. The third kappa shape index (κ3) is 3.00. The fourth-order valence-electron chi connectivity index (χ4n) is 3.09. The molecule has 1 aromatic heterocycles. The van der Waals surface area contributed by atoms with Crippen LogP contribution in [-0.4, -0.2) is 10.7 Å². The van der Waals surface area contributed by atoms with Crippen LogP contribution in [0.4, 0.5) is 5.69 Å². The average Bonchev–Trinajstić information content (AvgIpc) is 3.15. The van der Waals surface area contributed by atoms with Crippen LogP contribution >= 0.6 is 0 Å². The number of pyridine rings is 1. The first-order valence-electron chi connectivity index (χ1n) is 8.17. The Balaban J connectivity index is 1.73. The Kier molecular flexibility index (Phi) is 3.97. The van der Waals surface area contributed by atoms with E-state index in [-0.39, 0.29) is 6.04 Å². The largest absolute Gasteiger partial charge is 0.265 e. The number of benzene rings is 2. The Labute approximate surface area is 146 Å². The zero-order chi connectivity index (χ0) is 17.1. The van der Waals surface area contributed by atoms with Crippen molar-refractivity contribution in [2.24, 2.45) is 5.10 Å². The molecule has 4 heteroatoms. The summed E-state index contributed by atoms with van der Waals surface area (Å²) in [5.74, 6) is 0. The van der Waals surface area contributed by atoms with Crippen molar-refractivity contribution in [2.75, 3.05) is 5.01 Å². The molecular formula is C21H16N4. The molecule has 1 unspecified atom stereocenters. The van der Waals surface area contributed by atoms with Crippen molar-refractivity contribution in [3.63, 3.8) is 0 Å². The molecule has 1 aliphatic rings. The van der Waals surface area contributed by atoms with E-state index in [1.54, 1.807) is 0 Å². The van der Waals surface area contributed by atoms with E-state index in [1.165, 1.54) is 5.56 Å². The molecule has 2 heterocycles. The van der Waals surface area contributed by atoms with Crippen molar-refractivity contribution in [1.82, 2.24) is 4.98 Å². The molecule has 0 bridgehead atoms. The van der Waals surface area contributed by atoms with Gasteiger partial charge in [-0.3, -0.25) is 9.99 Å². The van der Waals surface area contributed by atoms with Crippen LogP contribution in [0, 0.1) is 11.3 Å². The fourth-order valence-corrected chi connectivity index (χ4v) is 3.09. The minimum Gasteiger partial charge on any atom is -0.265 e. The first kappa shape index (κ1) is 15.1. The lowest BCUT2D eigenvalue weighted by Crippen LogP contribution is -2.18. The first-order chi connectivity index (χ1) is 12.3. The molecule has 2 aromatic carbocycles. The van der Waals surface area contributed by atoms with Crippen LogP contribution < -0.4 is 5.01 Å². The van der Waals surface area contributed by atoms with Gasteiger partial charge < -0.3 is 0 Å². The molecule has 0 saturated carbocycles. The second kappa shape index (κ2) is 6.58. The molecule has 0 saturated heterocycles. The van der Waals surface area contributed by atoms with E-state index in [1.807, 2.05) is 67.0 Å². The molecule has 120 valence electrons. The summed E-state index contributed by atoms with van der Waals surface area (Å²) >= 11 is 0. The smallest absolute Gasteiger partial charge is 0.0991 e. The first-order valence-corrected chi connectivity index (χ1v) is 8.17. The van der Waals surface area contributed by atoms with Crippen molar-refractivity contribution in [3.8, 4) is 6.07 Å². The van der Waals surface area contributed by atoms with Gasteiger partial charge in [0.25, 0.3) is 0 Å². The minimum atomic E-state index is 0.135. The van der Waals surface area contributed by atoms with Crippen LogP contribution in [0.1, 0.15) is 29.2 Å². The molecule has 25 heavy (non-hydrogen) atoms. The normalized spacial score (nSPS) is 16.4. The van der Waals surface area contributed by atoms with Crippen molar-refractivity contribution in [3.05, 3.63) is 95.8 Å². The van der Waals surface area contributed by atoms with Gasteiger partial charge in [0.05, 0.1) is 29.1 Å². The Morgan fingerprint density at radius 2 is 1.64 bits per heavy atom. The second-order valence-electron chi connectivity index (χ2n) is 5.92. The zero-order valence-corrected chi connectivity index (χ0v) is 13.6. The third-order valence-electron chi connectivity index (χ3n) is 4.37. The molecule has 1 aliphatic heterocycles. The molecule has 3 aromatic rings. The van der Waals surface area contributed by atoms with E-state index in [9.17, 15) is 0 Å². The number of nitrogens with zero attached hydrogens (tertiary/aromatic N) is 4. The van der Waals surface area contributed by atoms with Gasteiger partial charge in [-0.05, 0) is 47.5 Å². The highest BCUT2D eigenvalue weighted by Gasteiger charge is 2.29. The summed E-state index contributed by atoms with van der Waals surface area (Å²) in [4.78, 5) is 4.12. The summed E-state index contributed by atoms with van der Waals surface area (Å²) in [5.41, 5.74) is 4.98. The van der Waals surface area contributed by atoms with E-state index < -0.39 is 0 Å². The van der Waals surface area contributed by atoms with Crippen LogP contribution in [-0.2, 0) is 0 Å². The maximum atomic E-state index is 8.98. The average molecular weight is 324 g/mol. The maximum absolute atomic E-state index is 8.98. The third-order valence-corrected chi connectivity index (χ3v) is 4.37. The number of rotatable bonds is 3. The summed E-state index contributed by atoms with van der Waals surface area (Å²) in [7, 11) is 0. The highest BCUT2D eigenvalue weighted by Crippen LogP contribution is 2.36. The van der Waals surface area contributed by atoms with Gasteiger partial charge in [0.1, 0.15) is 0 Å². The van der Waals surface area contributed by atoms with Crippen molar-refractivity contribution in [2.45, 2.75) is 12.5 Å². The number of nitriles is 1. The molecule has 0 amide bonds. The fraction of sp³-hybridized carbons (Fsp3) is 0.0952. The van der Waals surface area contributed by atoms with Gasteiger partial charge >= 0.3 is 0 Å². The molecule has 0 spiro atoms. The number of hydrazone groups is 1. The van der Waals surface area contributed by atoms with Crippen molar-refractivity contribution >= 4 is 11.4 Å². The van der Waals surface area contributed by atoms with Crippen LogP contribution in [0.2, 0.25) is 0 Å². The SMILES string of the molecule is N#Cc1ccc(C2=NN(c3ccccc3)C(c3ccncc3)C2)cc1.